The van der Waals surface area contributed by atoms with E-state index in [-0.39, 0.29) is 22.2 Å². The normalized spacial score (nSPS) is 9.69. The minimum atomic E-state index is -1.32. The lowest BCUT2D eigenvalue weighted by Crippen LogP contribution is -2.50. The number of benzene rings is 1. The molecular formula is C20H35Cl2N3O4. The third kappa shape index (κ3) is 13.8. The molecule has 29 heavy (non-hydrogen) atoms. The molecule has 0 bridgehead atoms. The van der Waals surface area contributed by atoms with Crippen molar-refractivity contribution < 1.29 is 19.5 Å². The zero-order valence-corrected chi connectivity index (χ0v) is 19.9. The van der Waals surface area contributed by atoms with E-state index in [9.17, 15) is 14.4 Å². The van der Waals surface area contributed by atoms with Crippen LogP contribution in [0.2, 0.25) is 10.0 Å². The van der Waals surface area contributed by atoms with Gasteiger partial charge >= 0.3 is 12.0 Å². The number of rotatable bonds is 7. The van der Waals surface area contributed by atoms with E-state index in [0.717, 1.165) is 6.42 Å². The smallest absolute Gasteiger partial charge is 0.328 e. The monoisotopic (exact) mass is 451 g/mol. The molecule has 1 rings (SSSR count). The van der Waals surface area contributed by atoms with Crippen molar-refractivity contribution >= 4 is 41.1 Å². The van der Waals surface area contributed by atoms with Crippen LogP contribution in [-0.4, -0.2) is 42.1 Å². The van der Waals surface area contributed by atoms with Crippen LogP contribution in [0.1, 0.15) is 65.2 Å². The lowest BCUT2D eigenvalue weighted by atomic mass is 10.2. The molecule has 0 saturated heterocycles. The van der Waals surface area contributed by atoms with Crippen LogP contribution in [0.4, 0.5) is 4.79 Å². The third-order valence-corrected chi connectivity index (χ3v) is 3.43. The summed E-state index contributed by atoms with van der Waals surface area (Å²) >= 11 is 11.8. The fourth-order valence-electron chi connectivity index (χ4n) is 1.64. The number of hydrogen-bond donors (Lipinski definition) is 4. The van der Waals surface area contributed by atoms with Crippen LogP contribution in [0.15, 0.2) is 18.2 Å². The van der Waals surface area contributed by atoms with Crippen molar-refractivity contribution in [2.75, 3.05) is 13.1 Å². The lowest BCUT2D eigenvalue weighted by molar-refractivity contribution is -0.139. The first kappa shape index (κ1) is 31.7. The molecule has 0 fully saturated rings. The predicted molar refractivity (Wildman–Crippen MR) is 121 cm³/mol. The van der Waals surface area contributed by atoms with Gasteiger partial charge in [0.05, 0.1) is 22.2 Å². The number of halogens is 2. The van der Waals surface area contributed by atoms with Crippen molar-refractivity contribution in [1.82, 2.24) is 16.0 Å². The van der Waals surface area contributed by atoms with Crippen LogP contribution in [0.5, 0.6) is 0 Å². The van der Waals surface area contributed by atoms with E-state index in [1.54, 1.807) is 6.07 Å². The van der Waals surface area contributed by atoms with E-state index in [2.05, 4.69) is 16.0 Å². The second-order valence-corrected chi connectivity index (χ2v) is 5.41. The Labute approximate surface area is 184 Å². The molecule has 7 nitrogen and oxygen atoms in total. The third-order valence-electron chi connectivity index (χ3n) is 2.80. The Kier molecular flexibility index (Phi) is 22.7. The van der Waals surface area contributed by atoms with Crippen LogP contribution in [0.25, 0.3) is 0 Å². The SMILES string of the molecule is CC.CC.CC.CCCNC(=O)NCC(NC(=O)c1c(Cl)cccc1Cl)C(=O)O. The Morgan fingerprint density at radius 2 is 1.45 bits per heavy atom. The van der Waals surface area contributed by atoms with E-state index in [4.69, 9.17) is 28.3 Å². The Morgan fingerprint density at radius 3 is 1.86 bits per heavy atom. The van der Waals surface area contributed by atoms with E-state index >= 15 is 0 Å². The van der Waals surface area contributed by atoms with Crippen molar-refractivity contribution in [3.8, 4) is 0 Å². The Hall–Kier alpha value is -1.99. The lowest BCUT2D eigenvalue weighted by Gasteiger charge is -2.16. The van der Waals surface area contributed by atoms with Gasteiger partial charge in [0.15, 0.2) is 0 Å². The highest BCUT2D eigenvalue weighted by Gasteiger charge is 2.23. The van der Waals surface area contributed by atoms with Crippen molar-refractivity contribution in [1.29, 1.82) is 0 Å². The summed E-state index contributed by atoms with van der Waals surface area (Å²) in [4.78, 5) is 34.8. The molecule has 168 valence electrons. The van der Waals surface area contributed by atoms with Gasteiger partial charge < -0.3 is 21.1 Å². The second-order valence-electron chi connectivity index (χ2n) is 4.60. The number of hydrogen-bond acceptors (Lipinski definition) is 3. The van der Waals surface area contributed by atoms with Crippen LogP contribution in [0.3, 0.4) is 0 Å². The molecule has 1 unspecified atom stereocenters. The molecule has 9 heteroatoms. The summed E-state index contributed by atoms with van der Waals surface area (Å²) in [6.45, 7) is 14.1. The maximum Gasteiger partial charge on any atom is 0.328 e. The van der Waals surface area contributed by atoms with Gasteiger partial charge in [-0.15, -0.1) is 0 Å². The topological polar surface area (TPSA) is 108 Å². The number of carbonyl (C=O) groups excluding carboxylic acids is 2. The predicted octanol–water partition coefficient (Wildman–Crippen LogP) is 4.96. The number of carbonyl (C=O) groups is 3. The Bertz CT molecular complexity index is 579. The molecule has 3 amide bonds. The number of urea groups is 1. The first-order valence-electron chi connectivity index (χ1n) is 9.86. The van der Waals surface area contributed by atoms with Crippen molar-refractivity contribution in [2.24, 2.45) is 0 Å². The number of carboxylic acids is 1. The Balaban J connectivity index is -0.00000103. The van der Waals surface area contributed by atoms with E-state index in [1.165, 1.54) is 12.1 Å². The van der Waals surface area contributed by atoms with E-state index in [0.29, 0.717) is 6.54 Å². The summed E-state index contributed by atoms with van der Waals surface area (Å²) in [5, 5.41) is 16.5. The van der Waals surface area contributed by atoms with Crippen molar-refractivity contribution in [3.05, 3.63) is 33.8 Å². The van der Waals surface area contributed by atoms with Gasteiger partial charge in [-0.05, 0) is 18.6 Å². The number of nitrogens with one attached hydrogen (secondary N) is 3. The van der Waals surface area contributed by atoms with Crippen LogP contribution < -0.4 is 16.0 Å². The zero-order valence-electron chi connectivity index (χ0n) is 18.4. The van der Waals surface area contributed by atoms with E-state index in [1.807, 2.05) is 48.5 Å². The summed E-state index contributed by atoms with van der Waals surface area (Å²) in [7, 11) is 0. The van der Waals surface area contributed by atoms with Gasteiger partial charge in [0.1, 0.15) is 6.04 Å². The van der Waals surface area contributed by atoms with Gasteiger partial charge in [0, 0.05) is 6.54 Å². The largest absolute Gasteiger partial charge is 0.480 e. The van der Waals surface area contributed by atoms with Gasteiger partial charge in [0.25, 0.3) is 5.91 Å². The fraction of sp³-hybridized carbons (Fsp3) is 0.550. The molecule has 0 aliphatic carbocycles. The molecule has 0 aromatic heterocycles. The highest BCUT2D eigenvalue weighted by molar-refractivity contribution is 6.39. The molecule has 0 spiro atoms. The molecular weight excluding hydrogens is 417 g/mol. The highest BCUT2D eigenvalue weighted by atomic mass is 35.5. The van der Waals surface area contributed by atoms with Gasteiger partial charge in [-0.3, -0.25) is 4.79 Å². The van der Waals surface area contributed by atoms with Gasteiger partial charge in [-0.25, -0.2) is 9.59 Å². The van der Waals surface area contributed by atoms with Crippen molar-refractivity contribution in [3.63, 3.8) is 0 Å². The van der Waals surface area contributed by atoms with Gasteiger partial charge in [-0.1, -0.05) is 77.7 Å². The first-order valence-corrected chi connectivity index (χ1v) is 10.6. The number of aliphatic carboxylic acids is 1. The minimum Gasteiger partial charge on any atom is -0.480 e. The number of amides is 3. The summed E-state index contributed by atoms with van der Waals surface area (Å²) in [5.41, 5.74) is -0.0162. The van der Waals surface area contributed by atoms with Gasteiger partial charge in [-0.2, -0.15) is 0 Å². The van der Waals surface area contributed by atoms with E-state index < -0.39 is 23.9 Å². The molecule has 0 aliphatic rings. The minimum absolute atomic E-state index is 0.0162. The molecule has 0 aliphatic heterocycles. The van der Waals surface area contributed by atoms with Crippen LogP contribution >= 0.6 is 23.2 Å². The molecule has 4 N–H and O–H groups in total. The average molecular weight is 452 g/mol. The second kappa shape index (κ2) is 20.7. The van der Waals surface area contributed by atoms with Crippen LogP contribution in [-0.2, 0) is 4.79 Å². The first-order chi connectivity index (χ1) is 13.9. The molecule has 1 aromatic rings. The average Bonchev–Trinajstić information content (AvgIpc) is 2.73. The standard InChI is InChI=1S/C14H17Cl2N3O4.3C2H6/c1-2-6-17-14(23)18-7-10(13(21)22)19-12(20)11-8(15)4-3-5-9(11)16;3*1-2/h3-5,10H,2,6-7H2,1H3,(H,19,20)(H,21,22)(H2,17,18,23);3*1-2H3. The molecule has 0 radical (unpaired) electrons. The molecule has 1 atom stereocenters. The summed E-state index contributed by atoms with van der Waals surface area (Å²) in [6.07, 6.45) is 0.748. The Morgan fingerprint density at radius 1 is 0.966 bits per heavy atom. The molecule has 1 aromatic carbocycles. The maximum absolute atomic E-state index is 12.1. The molecule has 0 heterocycles. The summed E-state index contributed by atoms with van der Waals surface area (Å²) in [6, 6.07) is 2.67. The van der Waals surface area contributed by atoms with Crippen molar-refractivity contribution in [2.45, 2.75) is 60.9 Å². The summed E-state index contributed by atoms with van der Waals surface area (Å²) < 4.78 is 0. The highest BCUT2D eigenvalue weighted by Crippen LogP contribution is 2.24. The fourth-order valence-corrected chi connectivity index (χ4v) is 2.21. The van der Waals surface area contributed by atoms with Gasteiger partial charge in [0.2, 0.25) is 0 Å². The molecule has 0 saturated carbocycles. The maximum atomic E-state index is 12.1. The number of carboxylic acid groups (broad SMARTS) is 1. The quantitative estimate of drug-likeness (QED) is 0.469. The van der Waals surface area contributed by atoms with Crippen LogP contribution in [0, 0.1) is 0 Å². The summed E-state index contributed by atoms with van der Waals surface area (Å²) in [5.74, 6) is -2.03. The zero-order chi connectivity index (χ0) is 23.4.